The van der Waals surface area contributed by atoms with Gasteiger partial charge < -0.3 is 23.7 Å². The van der Waals surface area contributed by atoms with Crippen LogP contribution in [0.15, 0.2) is 54.6 Å². The van der Waals surface area contributed by atoms with Gasteiger partial charge in [-0.05, 0) is 23.3 Å². The molecule has 2 aromatic rings. The fraction of sp³-hybridized carbons (Fsp3) is 0.429. The summed E-state index contributed by atoms with van der Waals surface area (Å²) in [5.74, 6) is 0.852. The van der Waals surface area contributed by atoms with Gasteiger partial charge in [0, 0.05) is 13.5 Å². The molecule has 2 saturated heterocycles. The summed E-state index contributed by atoms with van der Waals surface area (Å²) in [7, 11) is 1.68. The van der Waals surface area contributed by atoms with Crippen LogP contribution >= 0.6 is 0 Å². The van der Waals surface area contributed by atoms with Gasteiger partial charge in [-0.2, -0.15) is 0 Å². The lowest BCUT2D eigenvalue weighted by Gasteiger charge is -2.32. The first-order valence-electron chi connectivity index (χ1n) is 8.99. The van der Waals surface area contributed by atoms with Crippen molar-refractivity contribution in [2.24, 2.45) is 0 Å². The molecule has 0 aromatic heterocycles. The molecule has 0 N–H and O–H groups in total. The van der Waals surface area contributed by atoms with Crippen molar-refractivity contribution in [3.63, 3.8) is 0 Å². The third kappa shape index (κ3) is 4.07. The van der Waals surface area contributed by atoms with E-state index in [9.17, 15) is 0 Å². The lowest BCUT2D eigenvalue weighted by Crippen LogP contribution is -2.44. The first-order chi connectivity index (χ1) is 12.8. The van der Waals surface area contributed by atoms with Gasteiger partial charge in [0.05, 0.1) is 19.3 Å². The maximum Gasteiger partial charge on any atom is 0.184 e. The Bertz CT molecular complexity index is 687. The fourth-order valence-electron chi connectivity index (χ4n) is 3.33. The van der Waals surface area contributed by atoms with Gasteiger partial charge >= 0.3 is 0 Å². The van der Waals surface area contributed by atoms with E-state index in [2.05, 4.69) is 12.1 Å². The van der Waals surface area contributed by atoms with Crippen molar-refractivity contribution < 1.29 is 23.7 Å². The van der Waals surface area contributed by atoms with Crippen LogP contribution in [-0.2, 0) is 32.2 Å². The molecule has 0 aliphatic carbocycles. The van der Waals surface area contributed by atoms with Crippen LogP contribution < -0.4 is 4.74 Å². The van der Waals surface area contributed by atoms with Crippen LogP contribution in [0.25, 0.3) is 0 Å². The van der Waals surface area contributed by atoms with Gasteiger partial charge in [-0.1, -0.05) is 42.5 Å². The van der Waals surface area contributed by atoms with Gasteiger partial charge in [0.15, 0.2) is 6.29 Å². The van der Waals surface area contributed by atoms with E-state index in [0.29, 0.717) is 19.8 Å². The summed E-state index contributed by atoms with van der Waals surface area (Å²) < 4.78 is 28.7. The molecule has 2 aliphatic rings. The molecular formula is C21H24O5. The Balaban J connectivity index is 1.27. The summed E-state index contributed by atoms with van der Waals surface area (Å²) in [5, 5.41) is 0. The second-order valence-electron chi connectivity index (χ2n) is 6.65. The number of benzene rings is 2. The standard InChI is InChI=1S/C21H24O5/c1-22-19-11-18(20-14-25-21(19)26-20)24-13-16-7-9-17(10-8-16)23-12-15-5-3-2-4-6-15/h2-10,18-21H,11-14H2,1H3/t18-,19+,20+,21+/m0/s1. The molecule has 0 spiro atoms. The molecule has 2 heterocycles. The smallest absolute Gasteiger partial charge is 0.184 e. The monoisotopic (exact) mass is 356 g/mol. The zero-order valence-electron chi connectivity index (χ0n) is 14.9. The third-order valence-electron chi connectivity index (χ3n) is 4.86. The fourth-order valence-corrected chi connectivity index (χ4v) is 3.33. The average Bonchev–Trinajstić information content (AvgIpc) is 3.12. The van der Waals surface area contributed by atoms with Crippen molar-refractivity contribution in [1.29, 1.82) is 0 Å². The molecule has 2 aromatic carbocycles. The van der Waals surface area contributed by atoms with Crippen molar-refractivity contribution in [3.05, 3.63) is 65.7 Å². The molecule has 2 fully saturated rings. The lowest BCUT2D eigenvalue weighted by atomic mass is 10.0. The van der Waals surface area contributed by atoms with Crippen LogP contribution in [0.3, 0.4) is 0 Å². The van der Waals surface area contributed by atoms with Crippen LogP contribution in [-0.4, -0.2) is 38.3 Å². The molecule has 0 saturated carbocycles. The van der Waals surface area contributed by atoms with Gasteiger partial charge in [0.1, 0.15) is 24.6 Å². The molecule has 5 heteroatoms. The van der Waals surface area contributed by atoms with Gasteiger partial charge in [-0.25, -0.2) is 0 Å². The Kier molecular flexibility index (Phi) is 5.51. The Morgan fingerprint density at radius 3 is 2.46 bits per heavy atom. The molecule has 4 atom stereocenters. The summed E-state index contributed by atoms with van der Waals surface area (Å²) in [6, 6.07) is 18.2. The van der Waals surface area contributed by atoms with Crippen LogP contribution in [0.2, 0.25) is 0 Å². The average molecular weight is 356 g/mol. The van der Waals surface area contributed by atoms with Crippen LogP contribution in [0, 0.1) is 0 Å². The Morgan fingerprint density at radius 1 is 0.923 bits per heavy atom. The van der Waals surface area contributed by atoms with Crippen molar-refractivity contribution in [2.75, 3.05) is 13.7 Å². The summed E-state index contributed by atoms with van der Waals surface area (Å²) in [6.45, 7) is 1.67. The van der Waals surface area contributed by atoms with Crippen LogP contribution in [0.4, 0.5) is 0 Å². The number of rotatable bonds is 7. The van der Waals surface area contributed by atoms with E-state index in [1.54, 1.807) is 7.11 Å². The number of ether oxygens (including phenoxy) is 5. The molecule has 0 unspecified atom stereocenters. The van der Waals surface area contributed by atoms with Crippen molar-refractivity contribution >= 4 is 0 Å². The predicted octanol–water partition coefficient (Wildman–Crippen LogP) is 3.31. The maximum absolute atomic E-state index is 6.07. The number of hydrogen-bond acceptors (Lipinski definition) is 5. The summed E-state index contributed by atoms with van der Waals surface area (Å²) in [6.07, 6.45) is 0.482. The maximum atomic E-state index is 6.07. The van der Waals surface area contributed by atoms with Crippen LogP contribution in [0.5, 0.6) is 5.75 Å². The van der Waals surface area contributed by atoms with Crippen molar-refractivity contribution in [1.82, 2.24) is 0 Å². The second-order valence-corrected chi connectivity index (χ2v) is 6.65. The molecule has 5 nitrogen and oxygen atoms in total. The SMILES string of the molecule is CO[C@@H]1C[C@H](OCc2ccc(OCc3ccccc3)cc2)[C@H]2CO[C@@H]1O2. The first-order valence-corrected chi connectivity index (χ1v) is 8.99. The molecule has 138 valence electrons. The minimum Gasteiger partial charge on any atom is -0.489 e. The topological polar surface area (TPSA) is 46.2 Å². The normalized spacial score (nSPS) is 27.4. The highest BCUT2D eigenvalue weighted by molar-refractivity contribution is 5.27. The molecule has 2 aliphatic heterocycles. The van der Waals surface area contributed by atoms with E-state index < -0.39 is 0 Å². The summed E-state index contributed by atoms with van der Waals surface area (Å²) >= 11 is 0. The molecule has 0 amide bonds. The van der Waals surface area contributed by atoms with E-state index in [0.717, 1.165) is 23.3 Å². The first kappa shape index (κ1) is 17.5. The third-order valence-corrected chi connectivity index (χ3v) is 4.86. The summed E-state index contributed by atoms with van der Waals surface area (Å²) in [4.78, 5) is 0. The van der Waals surface area contributed by atoms with Gasteiger partial charge in [-0.3, -0.25) is 0 Å². The van der Waals surface area contributed by atoms with Gasteiger partial charge in [0.25, 0.3) is 0 Å². The number of methoxy groups -OCH3 is 1. The predicted molar refractivity (Wildman–Crippen MR) is 95.8 cm³/mol. The molecular weight excluding hydrogens is 332 g/mol. The molecule has 2 bridgehead atoms. The second kappa shape index (κ2) is 8.18. The van der Waals surface area contributed by atoms with Gasteiger partial charge in [-0.15, -0.1) is 0 Å². The van der Waals surface area contributed by atoms with E-state index in [1.165, 1.54) is 0 Å². The zero-order valence-corrected chi connectivity index (χ0v) is 14.9. The minimum atomic E-state index is -0.245. The minimum absolute atomic E-state index is 0.000112. The summed E-state index contributed by atoms with van der Waals surface area (Å²) in [5.41, 5.74) is 2.26. The van der Waals surface area contributed by atoms with Gasteiger partial charge in [0.2, 0.25) is 0 Å². The highest BCUT2D eigenvalue weighted by atomic mass is 16.7. The molecule has 0 radical (unpaired) electrons. The Labute approximate surface area is 153 Å². The Hall–Kier alpha value is -1.92. The quantitative estimate of drug-likeness (QED) is 0.762. The van der Waals surface area contributed by atoms with E-state index in [4.69, 9.17) is 23.7 Å². The largest absolute Gasteiger partial charge is 0.489 e. The van der Waals surface area contributed by atoms with E-state index in [-0.39, 0.29) is 24.6 Å². The molecule has 26 heavy (non-hydrogen) atoms. The zero-order chi connectivity index (χ0) is 17.8. The lowest BCUT2D eigenvalue weighted by molar-refractivity contribution is -0.200. The van der Waals surface area contributed by atoms with E-state index in [1.807, 2.05) is 42.5 Å². The highest BCUT2D eigenvalue weighted by Gasteiger charge is 2.44. The Morgan fingerprint density at radius 2 is 1.69 bits per heavy atom. The van der Waals surface area contributed by atoms with Crippen molar-refractivity contribution in [2.45, 2.75) is 44.2 Å². The highest BCUT2D eigenvalue weighted by Crippen LogP contribution is 2.31. The number of hydrogen-bond donors (Lipinski definition) is 0. The van der Waals surface area contributed by atoms with Crippen LogP contribution in [0.1, 0.15) is 17.5 Å². The molecule has 4 rings (SSSR count). The number of fused-ring (bicyclic) bond motifs is 2. The van der Waals surface area contributed by atoms with Crippen molar-refractivity contribution in [3.8, 4) is 5.75 Å². The van der Waals surface area contributed by atoms with E-state index >= 15 is 0 Å².